The molecule has 0 atom stereocenters. The number of hydrogen-bond acceptors (Lipinski definition) is 5. The Morgan fingerprint density at radius 3 is 2.21 bits per heavy atom. The first-order chi connectivity index (χ1) is 16.5. The summed E-state index contributed by atoms with van der Waals surface area (Å²) in [7, 11) is 1.56. The molecule has 0 radical (unpaired) electrons. The molecule has 2 amide bonds. The lowest BCUT2D eigenvalue weighted by atomic mass is 10.0. The average Bonchev–Trinajstić information content (AvgIpc) is 3.48. The van der Waals surface area contributed by atoms with Crippen LogP contribution in [0.5, 0.6) is 5.75 Å². The molecule has 1 N–H and O–H groups in total. The smallest absolute Gasteiger partial charge is 0.282 e. The number of benzene rings is 3. The standard InChI is InChI=1S/C28H27N3O3/c1-19-8-10-20(11-9-19)25-26(29-21-12-14-22(15-13-21)30-16-3-4-17-30)28(33)31(27(25)32)23-6-5-7-24(18-23)34-2/h5-15,18,29H,3-4,16-17H2,1-2H3. The second-order valence-electron chi connectivity index (χ2n) is 8.63. The maximum Gasteiger partial charge on any atom is 0.282 e. The monoisotopic (exact) mass is 453 g/mol. The molecule has 0 aliphatic carbocycles. The minimum atomic E-state index is -0.391. The first-order valence-corrected chi connectivity index (χ1v) is 11.5. The number of carbonyl (C=O) groups excluding carboxylic acids is 2. The van der Waals surface area contributed by atoms with Crippen molar-refractivity contribution in [2.45, 2.75) is 19.8 Å². The third kappa shape index (κ3) is 4.03. The molecule has 2 heterocycles. The van der Waals surface area contributed by atoms with E-state index in [1.54, 1.807) is 31.4 Å². The Balaban J connectivity index is 1.52. The van der Waals surface area contributed by atoms with Crippen molar-refractivity contribution in [3.05, 3.63) is 89.6 Å². The van der Waals surface area contributed by atoms with E-state index in [1.165, 1.54) is 23.4 Å². The molecule has 2 aliphatic rings. The molecule has 0 spiro atoms. The molecule has 3 aromatic carbocycles. The minimum Gasteiger partial charge on any atom is -0.497 e. The average molecular weight is 454 g/mol. The van der Waals surface area contributed by atoms with Crippen molar-refractivity contribution in [3.63, 3.8) is 0 Å². The van der Waals surface area contributed by atoms with Crippen LogP contribution in [-0.4, -0.2) is 32.0 Å². The van der Waals surface area contributed by atoms with E-state index in [2.05, 4.69) is 22.3 Å². The summed E-state index contributed by atoms with van der Waals surface area (Å²) in [5.41, 5.74) is 4.81. The lowest BCUT2D eigenvalue weighted by molar-refractivity contribution is -0.120. The Labute approximate surface area is 199 Å². The van der Waals surface area contributed by atoms with Gasteiger partial charge in [0.15, 0.2) is 0 Å². The maximum absolute atomic E-state index is 13.6. The number of anilines is 3. The molecule has 0 saturated carbocycles. The number of hydrogen-bond donors (Lipinski definition) is 1. The Morgan fingerprint density at radius 2 is 1.53 bits per heavy atom. The van der Waals surface area contributed by atoms with Gasteiger partial charge in [0, 0.05) is 30.5 Å². The molecule has 2 aliphatic heterocycles. The van der Waals surface area contributed by atoms with Crippen LogP contribution in [0.1, 0.15) is 24.0 Å². The van der Waals surface area contributed by atoms with E-state index in [0.29, 0.717) is 22.6 Å². The van der Waals surface area contributed by atoms with Crippen LogP contribution >= 0.6 is 0 Å². The minimum absolute atomic E-state index is 0.269. The highest BCUT2D eigenvalue weighted by atomic mass is 16.5. The van der Waals surface area contributed by atoms with Crippen LogP contribution in [0.15, 0.2) is 78.5 Å². The molecular formula is C28H27N3O3. The lowest BCUT2D eigenvalue weighted by Crippen LogP contribution is -2.32. The van der Waals surface area contributed by atoms with E-state index in [9.17, 15) is 9.59 Å². The van der Waals surface area contributed by atoms with Gasteiger partial charge in [-0.1, -0.05) is 35.9 Å². The van der Waals surface area contributed by atoms with E-state index in [4.69, 9.17) is 4.74 Å². The zero-order valence-corrected chi connectivity index (χ0v) is 19.4. The van der Waals surface area contributed by atoms with Crippen LogP contribution in [0.25, 0.3) is 5.57 Å². The highest BCUT2D eigenvalue weighted by Gasteiger charge is 2.40. The molecule has 5 rings (SSSR count). The van der Waals surface area contributed by atoms with Crippen molar-refractivity contribution in [1.82, 2.24) is 0 Å². The Morgan fingerprint density at radius 1 is 0.824 bits per heavy atom. The van der Waals surface area contributed by atoms with E-state index in [0.717, 1.165) is 24.3 Å². The number of imide groups is 1. The fourth-order valence-electron chi connectivity index (χ4n) is 4.49. The lowest BCUT2D eigenvalue weighted by Gasteiger charge is -2.18. The van der Waals surface area contributed by atoms with E-state index >= 15 is 0 Å². The second kappa shape index (κ2) is 9.06. The van der Waals surface area contributed by atoms with Gasteiger partial charge in [0.1, 0.15) is 11.4 Å². The number of carbonyl (C=O) groups is 2. The number of amides is 2. The number of rotatable bonds is 6. The van der Waals surface area contributed by atoms with Gasteiger partial charge in [-0.2, -0.15) is 0 Å². The van der Waals surface area contributed by atoms with Gasteiger partial charge in [-0.25, -0.2) is 4.90 Å². The third-order valence-corrected chi connectivity index (χ3v) is 6.34. The van der Waals surface area contributed by atoms with Crippen molar-refractivity contribution >= 4 is 34.4 Å². The molecule has 172 valence electrons. The van der Waals surface area contributed by atoms with Gasteiger partial charge in [0.25, 0.3) is 11.8 Å². The van der Waals surface area contributed by atoms with Crippen molar-refractivity contribution in [1.29, 1.82) is 0 Å². The molecule has 6 nitrogen and oxygen atoms in total. The highest BCUT2D eigenvalue weighted by molar-refractivity contribution is 6.46. The van der Waals surface area contributed by atoms with Crippen molar-refractivity contribution < 1.29 is 14.3 Å². The number of methoxy groups -OCH3 is 1. The van der Waals surface area contributed by atoms with Crippen molar-refractivity contribution in [2.75, 3.05) is 35.3 Å². The van der Waals surface area contributed by atoms with Crippen molar-refractivity contribution in [2.24, 2.45) is 0 Å². The Bertz CT molecular complexity index is 1260. The summed E-state index contributed by atoms with van der Waals surface area (Å²) in [6.07, 6.45) is 2.42. The zero-order chi connectivity index (χ0) is 23.7. The van der Waals surface area contributed by atoms with Crippen LogP contribution in [0, 0.1) is 6.92 Å². The molecule has 34 heavy (non-hydrogen) atoms. The highest BCUT2D eigenvalue weighted by Crippen LogP contribution is 2.35. The van der Waals surface area contributed by atoms with Gasteiger partial charge in [-0.3, -0.25) is 9.59 Å². The van der Waals surface area contributed by atoms with Crippen LogP contribution in [0.2, 0.25) is 0 Å². The van der Waals surface area contributed by atoms with Crippen LogP contribution < -0.4 is 19.9 Å². The normalized spacial score (nSPS) is 15.9. The first kappa shape index (κ1) is 21.8. The predicted molar refractivity (Wildman–Crippen MR) is 135 cm³/mol. The van der Waals surface area contributed by atoms with Gasteiger partial charge < -0.3 is 15.0 Å². The first-order valence-electron chi connectivity index (χ1n) is 11.5. The fourth-order valence-corrected chi connectivity index (χ4v) is 4.49. The van der Waals surface area contributed by atoms with Gasteiger partial charge in [-0.15, -0.1) is 0 Å². The second-order valence-corrected chi connectivity index (χ2v) is 8.63. The van der Waals surface area contributed by atoms with Gasteiger partial charge in [0.2, 0.25) is 0 Å². The molecule has 3 aromatic rings. The zero-order valence-electron chi connectivity index (χ0n) is 19.4. The van der Waals surface area contributed by atoms with E-state index < -0.39 is 5.91 Å². The SMILES string of the molecule is COc1cccc(N2C(=O)C(Nc3ccc(N4CCCC4)cc3)=C(c3ccc(C)cc3)C2=O)c1. The molecule has 0 aromatic heterocycles. The van der Waals surface area contributed by atoms with Crippen LogP contribution in [0.3, 0.4) is 0 Å². The summed E-state index contributed by atoms with van der Waals surface area (Å²) >= 11 is 0. The molecule has 6 heteroatoms. The summed E-state index contributed by atoms with van der Waals surface area (Å²) in [5.74, 6) is -0.176. The maximum atomic E-state index is 13.6. The molecular weight excluding hydrogens is 426 g/mol. The Hall–Kier alpha value is -4.06. The predicted octanol–water partition coefficient (Wildman–Crippen LogP) is 5.00. The summed E-state index contributed by atoms with van der Waals surface area (Å²) in [6, 6.07) is 22.6. The van der Waals surface area contributed by atoms with Crippen LogP contribution in [-0.2, 0) is 9.59 Å². The van der Waals surface area contributed by atoms with E-state index in [1.807, 2.05) is 43.3 Å². The molecule has 0 unspecified atom stereocenters. The summed E-state index contributed by atoms with van der Waals surface area (Å²) in [6.45, 7) is 4.12. The number of aryl methyl sites for hydroxylation is 1. The van der Waals surface area contributed by atoms with Crippen LogP contribution in [0.4, 0.5) is 17.1 Å². The number of ether oxygens (including phenoxy) is 1. The summed E-state index contributed by atoms with van der Waals surface area (Å²) in [4.78, 5) is 30.7. The fraction of sp³-hybridized carbons (Fsp3) is 0.214. The van der Waals surface area contributed by atoms with Crippen molar-refractivity contribution in [3.8, 4) is 5.75 Å². The molecule has 1 saturated heterocycles. The van der Waals surface area contributed by atoms with Gasteiger partial charge in [0.05, 0.1) is 18.4 Å². The van der Waals surface area contributed by atoms with Gasteiger partial charge >= 0.3 is 0 Å². The molecule has 0 bridgehead atoms. The third-order valence-electron chi connectivity index (χ3n) is 6.34. The van der Waals surface area contributed by atoms with Gasteiger partial charge in [-0.05, 0) is 61.7 Å². The summed E-state index contributed by atoms with van der Waals surface area (Å²) in [5, 5.41) is 3.25. The number of nitrogens with zero attached hydrogens (tertiary/aromatic N) is 2. The quantitative estimate of drug-likeness (QED) is 0.532. The molecule has 1 fully saturated rings. The topological polar surface area (TPSA) is 61.9 Å². The largest absolute Gasteiger partial charge is 0.497 e. The Kier molecular flexibility index (Phi) is 5.80. The summed E-state index contributed by atoms with van der Waals surface area (Å²) < 4.78 is 5.30. The number of nitrogens with one attached hydrogen (secondary N) is 1. The van der Waals surface area contributed by atoms with E-state index in [-0.39, 0.29) is 11.6 Å².